The summed E-state index contributed by atoms with van der Waals surface area (Å²) in [5, 5.41) is 0.501. The van der Waals surface area contributed by atoms with Crippen molar-refractivity contribution >= 4 is 17.5 Å². The number of carbonyl (C=O) groups is 1. The van der Waals surface area contributed by atoms with E-state index in [0.717, 1.165) is 0 Å². The van der Waals surface area contributed by atoms with Crippen molar-refractivity contribution in [3.63, 3.8) is 0 Å². The van der Waals surface area contributed by atoms with Crippen molar-refractivity contribution < 1.29 is 9.21 Å². The number of thioether (sulfide) groups is 1. The van der Waals surface area contributed by atoms with Crippen molar-refractivity contribution in [2.24, 2.45) is 0 Å². The van der Waals surface area contributed by atoms with Crippen LogP contribution in [0.5, 0.6) is 0 Å². The first-order valence-electron chi connectivity index (χ1n) is 3.87. The van der Waals surface area contributed by atoms with Crippen molar-refractivity contribution in [2.45, 2.75) is 19.1 Å². The van der Waals surface area contributed by atoms with Crippen molar-refractivity contribution in [3.05, 3.63) is 24.2 Å². The molecule has 0 saturated carbocycles. The summed E-state index contributed by atoms with van der Waals surface area (Å²) in [5.74, 6) is 0.680. The van der Waals surface area contributed by atoms with E-state index in [1.165, 1.54) is 12.5 Å². The van der Waals surface area contributed by atoms with Crippen LogP contribution >= 0.6 is 11.8 Å². The normalized spacial score (nSPS) is 10.6. The quantitative estimate of drug-likeness (QED) is 0.674. The largest absolute Gasteiger partial charge is 0.472 e. The summed E-state index contributed by atoms with van der Waals surface area (Å²) >= 11 is 1.65. The van der Waals surface area contributed by atoms with Gasteiger partial charge in [-0.2, -0.15) is 11.8 Å². The number of Topliss-reactive ketones (excluding diaryl/α,β-unsaturated/α-hetero) is 1. The highest BCUT2D eigenvalue weighted by Crippen LogP contribution is 2.12. The molecule has 0 amide bonds. The molecule has 0 aliphatic heterocycles. The summed E-state index contributed by atoms with van der Waals surface area (Å²) in [6.45, 7) is 4.15. The second kappa shape index (κ2) is 4.36. The van der Waals surface area contributed by atoms with Crippen molar-refractivity contribution in [2.75, 3.05) is 5.75 Å². The number of hydrogen-bond acceptors (Lipinski definition) is 3. The van der Waals surface area contributed by atoms with Crippen molar-refractivity contribution in [1.29, 1.82) is 0 Å². The molecule has 0 atom stereocenters. The lowest BCUT2D eigenvalue weighted by molar-refractivity contribution is 0.102. The Morgan fingerprint density at radius 2 is 2.42 bits per heavy atom. The van der Waals surface area contributed by atoms with Crippen LogP contribution in [0.2, 0.25) is 0 Å². The Hall–Kier alpha value is -0.700. The van der Waals surface area contributed by atoms with E-state index in [0.29, 0.717) is 16.6 Å². The van der Waals surface area contributed by atoms with Gasteiger partial charge in [0.2, 0.25) is 0 Å². The van der Waals surface area contributed by atoms with Gasteiger partial charge in [0.25, 0.3) is 0 Å². The van der Waals surface area contributed by atoms with E-state index in [4.69, 9.17) is 4.42 Å². The Balaban J connectivity index is 2.40. The van der Waals surface area contributed by atoms with E-state index >= 15 is 0 Å². The van der Waals surface area contributed by atoms with Crippen LogP contribution in [0.25, 0.3) is 0 Å². The first-order chi connectivity index (χ1) is 5.70. The van der Waals surface area contributed by atoms with Crippen LogP contribution in [0, 0.1) is 0 Å². The van der Waals surface area contributed by atoms with Gasteiger partial charge in [-0.05, 0) is 11.3 Å². The highest BCUT2D eigenvalue weighted by molar-refractivity contribution is 8.00. The lowest BCUT2D eigenvalue weighted by Gasteiger charge is -2.01. The Morgan fingerprint density at radius 1 is 1.67 bits per heavy atom. The molecule has 0 aliphatic rings. The van der Waals surface area contributed by atoms with Gasteiger partial charge in [-0.25, -0.2) is 0 Å². The molecule has 0 aliphatic carbocycles. The molecule has 0 spiro atoms. The predicted octanol–water partition coefficient (Wildman–Crippen LogP) is 2.60. The van der Waals surface area contributed by atoms with Gasteiger partial charge < -0.3 is 4.42 Å². The first-order valence-corrected chi connectivity index (χ1v) is 4.92. The lowest BCUT2D eigenvalue weighted by atomic mass is 10.2. The molecule has 1 aromatic rings. The molecule has 0 aromatic carbocycles. The third-order valence-corrected chi connectivity index (χ3v) is 2.49. The zero-order valence-corrected chi connectivity index (χ0v) is 8.06. The molecular formula is C9H12O2S. The van der Waals surface area contributed by atoms with Gasteiger partial charge in [0.15, 0.2) is 5.78 Å². The topological polar surface area (TPSA) is 30.2 Å². The molecule has 1 heterocycles. The molecule has 12 heavy (non-hydrogen) atoms. The number of ketones is 1. The van der Waals surface area contributed by atoms with Gasteiger partial charge in [-0.3, -0.25) is 4.79 Å². The average molecular weight is 184 g/mol. The second-order valence-corrected chi connectivity index (χ2v) is 4.36. The fraction of sp³-hybridized carbons (Fsp3) is 0.444. The van der Waals surface area contributed by atoms with E-state index in [-0.39, 0.29) is 5.78 Å². The maximum atomic E-state index is 11.3. The van der Waals surface area contributed by atoms with Crippen molar-refractivity contribution in [1.82, 2.24) is 0 Å². The minimum atomic E-state index is 0.141. The Morgan fingerprint density at radius 3 is 2.92 bits per heavy atom. The third kappa shape index (κ3) is 2.74. The smallest absolute Gasteiger partial charge is 0.175 e. The van der Waals surface area contributed by atoms with Gasteiger partial charge in [0.1, 0.15) is 6.26 Å². The first kappa shape index (κ1) is 9.39. The van der Waals surface area contributed by atoms with Gasteiger partial charge >= 0.3 is 0 Å². The maximum absolute atomic E-state index is 11.3. The van der Waals surface area contributed by atoms with Crippen LogP contribution in [0.15, 0.2) is 23.0 Å². The third-order valence-electron chi connectivity index (χ3n) is 1.39. The minimum Gasteiger partial charge on any atom is -0.472 e. The number of carbonyl (C=O) groups excluding carboxylic acids is 1. The summed E-state index contributed by atoms with van der Waals surface area (Å²) in [6.07, 6.45) is 3.01. The molecule has 66 valence electrons. The van der Waals surface area contributed by atoms with Crippen LogP contribution in [0.1, 0.15) is 24.2 Å². The monoisotopic (exact) mass is 184 g/mol. The van der Waals surface area contributed by atoms with Crippen LogP contribution in [0.4, 0.5) is 0 Å². The van der Waals surface area contributed by atoms with E-state index in [1.807, 2.05) is 0 Å². The minimum absolute atomic E-state index is 0.141. The molecule has 2 nitrogen and oxygen atoms in total. The van der Waals surface area contributed by atoms with Gasteiger partial charge in [0.05, 0.1) is 17.6 Å². The molecule has 0 bridgehead atoms. The number of rotatable bonds is 4. The molecular weight excluding hydrogens is 172 g/mol. The lowest BCUT2D eigenvalue weighted by Crippen LogP contribution is -2.03. The molecule has 0 unspecified atom stereocenters. The zero-order chi connectivity index (χ0) is 8.97. The summed E-state index contributed by atoms with van der Waals surface area (Å²) in [7, 11) is 0. The van der Waals surface area contributed by atoms with E-state index in [2.05, 4.69) is 13.8 Å². The van der Waals surface area contributed by atoms with Gasteiger partial charge in [-0.15, -0.1) is 0 Å². The highest BCUT2D eigenvalue weighted by Gasteiger charge is 2.07. The fourth-order valence-corrected chi connectivity index (χ4v) is 1.40. The maximum Gasteiger partial charge on any atom is 0.175 e. The van der Waals surface area contributed by atoms with E-state index in [1.54, 1.807) is 17.8 Å². The summed E-state index contributed by atoms with van der Waals surface area (Å²) in [4.78, 5) is 11.3. The Kier molecular flexibility index (Phi) is 3.41. The highest BCUT2D eigenvalue weighted by atomic mass is 32.2. The number of hydrogen-bond donors (Lipinski definition) is 0. The molecule has 1 aromatic heterocycles. The van der Waals surface area contributed by atoms with E-state index < -0.39 is 0 Å². The summed E-state index contributed by atoms with van der Waals surface area (Å²) < 4.78 is 4.81. The molecule has 0 fully saturated rings. The summed E-state index contributed by atoms with van der Waals surface area (Å²) in [5.41, 5.74) is 0.670. The number of furan rings is 1. The fourth-order valence-electron chi connectivity index (χ4n) is 0.749. The average Bonchev–Trinajstić information content (AvgIpc) is 2.51. The van der Waals surface area contributed by atoms with Crippen molar-refractivity contribution in [3.8, 4) is 0 Å². The van der Waals surface area contributed by atoms with Crippen LogP contribution in [-0.2, 0) is 0 Å². The molecule has 0 saturated heterocycles. The van der Waals surface area contributed by atoms with Crippen LogP contribution in [-0.4, -0.2) is 16.8 Å². The zero-order valence-electron chi connectivity index (χ0n) is 7.24. The summed E-state index contributed by atoms with van der Waals surface area (Å²) in [6, 6.07) is 1.70. The Labute approximate surface area is 76.3 Å². The van der Waals surface area contributed by atoms with Gasteiger partial charge in [-0.1, -0.05) is 13.8 Å². The molecule has 0 radical (unpaired) electrons. The van der Waals surface area contributed by atoms with Gasteiger partial charge in [0, 0.05) is 0 Å². The van der Waals surface area contributed by atoms with Crippen LogP contribution < -0.4 is 0 Å². The second-order valence-electron chi connectivity index (χ2n) is 2.79. The SMILES string of the molecule is CC(C)SCC(=O)c1ccoc1. The standard InChI is InChI=1S/C9H12O2S/c1-7(2)12-6-9(10)8-3-4-11-5-8/h3-5,7H,6H2,1-2H3. The Bertz CT molecular complexity index is 239. The predicted molar refractivity (Wildman–Crippen MR) is 50.6 cm³/mol. The molecule has 3 heteroatoms. The van der Waals surface area contributed by atoms with E-state index in [9.17, 15) is 4.79 Å². The van der Waals surface area contributed by atoms with Crippen LogP contribution in [0.3, 0.4) is 0 Å². The molecule has 0 N–H and O–H groups in total. The molecule has 1 rings (SSSR count).